The fourth-order valence-corrected chi connectivity index (χ4v) is 5.16. The normalized spacial score (nSPS) is 16.6. The fourth-order valence-electron chi connectivity index (χ4n) is 5.16. The van der Waals surface area contributed by atoms with Crippen molar-refractivity contribution in [3.8, 4) is 11.1 Å². The molecule has 1 fully saturated rings. The Hall–Kier alpha value is -3.61. The van der Waals surface area contributed by atoms with Gasteiger partial charge in [-0.2, -0.15) is 0 Å². The molecule has 7 heteroatoms. The molecule has 0 spiro atoms. The van der Waals surface area contributed by atoms with Gasteiger partial charge in [0.2, 0.25) is 5.91 Å². The Morgan fingerprint density at radius 2 is 1.69 bits per heavy atom. The monoisotopic (exact) mass is 476 g/mol. The maximum Gasteiger partial charge on any atom is 0.407 e. The standard InChI is InChI=1S/C28H32N2O5/c1-4-13-28(26(32)33)16-30(17-28)25(31)24(14-18(2)3)29-27(34)35-15-23-21-11-7-5-9-19(21)20-10-6-8-12-22(20)23/h4-12,18,23-24H,1,13-17H2,2-3H3,(H,29,34)(H,32,33). The number of carbonyl (C=O) groups excluding carboxylic acids is 2. The molecule has 7 nitrogen and oxygen atoms in total. The summed E-state index contributed by atoms with van der Waals surface area (Å²) in [6, 6.07) is 15.4. The van der Waals surface area contributed by atoms with Crippen molar-refractivity contribution in [1.29, 1.82) is 0 Å². The lowest BCUT2D eigenvalue weighted by Crippen LogP contribution is -2.65. The topological polar surface area (TPSA) is 95.9 Å². The van der Waals surface area contributed by atoms with E-state index in [1.165, 1.54) is 4.90 Å². The molecule has 2 aromatic rings. The van der Waals surface area contributed by atoms with Gasteiger partial charge in [0.15, 0.2) is 0 Å². The molecule has 0 bridgehead atoms. The summed E-state index contributed by atoms with van der Waals surface area (Å²) in [5.74, 6) is -1.14. The minimum atomic E-state index is -0.996. The fraction of sp³-hybridized carbons (Fsp3) is 0.393. The number of likely N-dealkylation sites (tertiary alicyclic amines) is 1. The van der Waals surface area contributed by atoms with E-state index in [4.69, 9.17) is 4.74 Å². The maximum absolute atomic E-state index is 13.1. The van der Waals surface area contributed by atoms with Gasteiger partial charge in [0.1, 0.15) is 18.1 Å². The molecule has 4 rings (SSSR count). The van der Waals surface area contributed by atoms with Crippen LogP contribution in [-0.2, 0) is 14.3 Å². The second-order valence-corrected chi connectivity index (χ2v) is 9.92. The van der Waals surface area contributed by atoms with E-state index in [1.54, 1.807) is 6.08 Å². The number of amides is 2. The van der Waals surface area contributed by atoms with Crippen molar-refractivity contribution in [3.63, 3.8) is 0 Å². The number of nitrogens with zero attached hydrogens (tertiary/aromatic N) is 1. The first kappa shape index (κ1) is 24.5. The lowest BCUT2D eigenvalue weighted by molar-refractivity contribution is -0.166. The van der Waals surface area contributed by atoms with E-state index in [0.29, 0.717) is 12.8 Å². The minimum absolute atomic E-state index is 0.0714. The van der Waals surface area contributed by atoms with E-state index in [2.05, 4.69) is 24.0 Å². The van der Waals surface area contributed by atoms with Gasteiger partial charge >= 0.3 is 12.1 Å². The summed E-state index contributed by atoms with van der Waals surface area (Å²) >= 11 is 0. The molecule has 0 saturated carbocycles. The highest BCUT2D eigenvalue weighted by atomic mass is 16.5. The Kier molecular flexibility index (Phi) is 6.96. The van der Waals surface area contributed by atoms with Crippen LogP contribution in [0, 0.1) is 11.3 Å². The summed E-state index contributed by atoms with van der Waals surface area (Å²) in [5, 5.41) is 12.3. The van der Waals surface area contributed by atoms with Crippen LogP contribution >= 0.6 is 0 Å². The number of nitrogens with one attached hydrogen (secondary N) is 1. The number of aliphatic carboxylic acids is 1. The van der Waals surface area contributed by atoms with Crippen molar-refractivity contribution < 1.29 is 24.2 Å². The molecule has 1 saturated heterocycles. The molecular formula is C28H32N2O5. The van der Waals surface area contributed by atoms with Crippen LogP contribution in [0.3, 0.4) is 0 Å². The molecule has 0 radical (unpaired) electrons. The Labute approximate surface area is 205 Å². The first-order valence-electron chi connectivity index (χ1n) is 12.0. The van der Waals surface area contributed by atoms with Crippen LogP contribution in [0.1, 0.15) is 43.7 Å². The summed E-state index contributed by atoms with van der Waals surface area (Å²) in [6.45, 7) is 7.94. The quantitative estimate of drug-likeness (QED) is 0.522. The molecule has 0 aromatic heterocycles. The highest BCUT2D eigenvalue weighted by Crippen LogP contribution is 2.44. The molecule has 184 valence electrons. The molecule has 2 N–H and O–H groups in total. The van der Waals surface area contributed by atoms with Crippen LogP contribution < -0.4 is 5.32 Å². The smallest absolute Gasteiger partial charge is 0.407 e. The van der Waals surface area contributed by atoms with Crippen LogP contribution in [0.25, 0.3) is 11.1 Å². The number of rotatable bonds is 9. The van der Waals surface area contributed by atoms with Crippen molar-refractivity contribution >= 4 is 18.0 Å². The van der Waals surface area contributed by atoms with Gasteiger partial charge in [-0.3, -0.25) is 9.59 Å². The summed E-state index contributed by atoms with van der Waals surface area (Å²) in [7, 11) is 0. The third-order valence-electron chi connectivity index (χ3n) is 6.93. The molecular weight excluding hydrogens is 444 g/mol. The third kappa shape index (κ3) is 4.81. The lowest BCUT2D eigenvalue weighted by Gasteiger charge is -2.47. The van der Waals surface area contributed by atoms with Crippen LogP contribution in [-0.4, -0.2) is 53.7 Å². The van der Waals surface area contributed by atoms with Crippen LogP contribution in [0.4, 0.5) is 4.79 Å². The SMILES string of the molecule is C=CCC1(C(=O)O)CN(C(=O)C(CC(C)C)NC(=O)OCC2c3ccccc3-c3ccccc32)C1. The third-order valence-corrected chi connectivity index (χ3v) is 6.93. The highest BCUT2D eigenvalue weighted by molar-refractivity contribution is 5.89. The number of carbonyl (C=O) groups is 3. The van der Waals surface area contributed by atoms with Gasteiger partial charge in [0, 0.05) is 19.0 Å². The predicted molar refractivity (Wildman–Crippen MR) is 133 cm³/mol. The van der Waals surface area contributed by atoms with Gasteiger partial charge in [0.05, 0.1) is 0 Å². The molecule has 1 heterocycles. The lowest BCUT2D eigenvalue weighted by atomic mass is 9.76. The largest absolute Gasteiger partial charge is 0.481 e. The number of carboxylic acid groups (broad SMARTS) is 1. The van der Waals surface area contributed by atoms with Gasteiger partial charge in [-0.25, -0.2) is 4.79 Å². The van der Waals surface area contributed by atoms with E-state index < -0.39 is 23.5 Å². The molecule has 2 amide bonds. The molecule has 2 aromatic carbocycles. The second kappa shape index (κ2) is 9.94. The number of ether oxygens (including phenoxy) is 1. The minimum Gasteiger partial charge on any atom is -0.481 e. The average Bonchev–Trinajstić information content (AvgIpc) is 3.12. The molecule has 1 aliphatic carbocycles. The summed E-state index contributed by atoms with van der Waals surface area (Å²) < 4.78 is 5.62. The summed E-state index contributed by atoms with van der Waals surface area (Å²) in [5.41, 5.74) is 3.52. The van der Waals surface area contributed by atoms with E-state index in [1.807, 2.05) is 50.2 Å². The number of hydrogen-bond acceptors (Lipinski definition) is 4. The Bertz CT molecular complexity index is 1090. The average molecular weight is 477 g/mol. The Balaban J connectivity index is 1.41. The molecule has 1 atom stereocenters. The number of hydrogen-bond donors (Lipinski definition) is 2. The molecule has 2 aliphatic rings. The highest BCUT2D eigenvalue weighted by Gasteiger charge is 2.51. The van der Waals surface area contributed by atoms with Crippen molar-refractivity contribution in [2.24, 2.45) is 11.3 Å². The molecule has 1 aliphatic heterocycles. The van der Waals surface area contributed by atoms with Crippen LogP contribution in [0.5, 0.6) is 0 Å². The number of alkyl carbamates (subject to hydrolysis) is 1. The Morgan fingerprint density at radius 1 is 1.11 bits per heavy atom. The molecule has 1 unspecified atom stereocenters. The van der Waals surface area contributed by atoms with E-state index in [-0.39, 0.29) is 37.4 Å². The molecule has 35 heavy (non-hydrogen) atoms. The van der Waals surface area contributed by atoms with Crippen LogP contribution in [0.2, 0.25) is 0 Å². The maximum atomic E-state index is 13.1. The van der Waals surface area contributed by atoms with Crippen LogP contribution in [0.15, 0.2) is 61.2 Å². The number of benzene rings is 2. The van der Waals surface area contributed by atoms with E-state index >= 15 is 0 Å². The van der Waals surface area contributed by atoms with Gasteiger partial charge in [0.25, 0.3) is 0 Å². The first-order chi connectivity index (χ1) is 16.8. The summed E-state index contributed by atoms with van der Waals surface area (Å²) in [4.78, 5) is 39.1. The van der Waals surface area contributed by atoms with Gasteiger partial charge in [-0.1, -0.05) is 68.5 Å². The first-order valence-corrected chi connectivity index (χ1v) is 12.0. The number of carboxylic acids is 1. The second-order valence-electron chi connectivity index (χ2n) is 9.92. The number of allylic oxidation sites excluding steroid dienone is 1. The zero-order chi connectivity index (χ0) is 25.2. The zero-order valence-electron chi connectivity index (χ0n) is 20.2. The van der Waals surface area contributed by atoms with Gasteiger partial charge in [-0.15, -0.1) is 6.58 Å². The van der Waals surface area contributed by atoms with Crippen molar-refractivity contribution in [3.05, 3.63) is 72.3 Å². The number of fused-ring (bicyclic) bond motifs is 3. The Morgan fingerprint density at radius 3 is 2.20 bits per heavy atom. The van der Waals surface area contributed by atoms with Gasteiger partial charge in [-0.05, 0) is 41.0 Å². The van der Waals surface area contributed by atoms with Crippen molar-refractivity contribution in [2.75, 3.05) is 19.7 Å². The van der Waals surface area contributed by atoms with Crippen molar-refractivity contribution in [1.82, 2.24) is 10.2 Å². The predicted octanol–water partition coefficient (Wildman–Crippen LogP) is 4.43. The van der Waals surface area contributed by atoms with E-state index in [9.17, 15) is 19.5 Å². The van der Waals surface area contributed by atoms with E-state index in [0.717, 1.165) is 22.3 Å². The van der Waals surface area contributed by atoms with Gasteiger partial charge < -0.3 is 20.1 Å². The summed E-state index contributed by atoms with van der Waals surface area (Å²) in [6.07, 6.45) is 1.64. The van der Waals surface area contributed by atoms with Crippen molar-refractivity contribution in [2.45, 2.75) is 38.6 Å². The zero-order valence-corrected chi connectivity index (χ0v) is 20.2.